The normalized spacial score (nSPS) is 13.6. The van der Waals surface area contributed by atoms with Crippen LogP contribution in [0.5, 0.6) is 0 Å². The number of hydrogen-bond donors (Lipinski definition) is 0. The Hall–Kier alpha value is 0.492. The van der Waals surface area contributed by atoms with E-state index in [1.165, 1.54) is 25.7 Å². The molecule has 0 heterocycles. The monoisotopic (exact) mass is 156 g/mol. The first-order valence-electron chi connectivity index (χ1n) is 4.16. The predicted octanol–water partition coefficient (Wildman–Crippen LogP) is 2.30. The molecule has 10 heavy (non-hydrogen) atoms. The zero-order chi connectivity index (χ0) is 7.82. The fourth-order valence-electron chi connectivity index (χ4n) is 1.03. The van der Waals surface area contributed by atoms with Crippen molar-refractivity contribution in [1.82, 2.24) is 0 Å². The van der Waals surface area contributed by atoms with Gasteiger partial charge in [-0.1, -0.05) is 0 Å². The molecule has 1 nitrogen and oxygen atoms in total. The van der Waals surface area contributed by atoms with Crippen LogP contribution in [0.3, 0.4) is 0 Å². The molecule has 0 N–H and O–H groups in total. The molecule has 0 amide bonds. The maximum atomic E-state index is 5.01. The average Bonchev–Trinajstić information content (AvgIpc) is 1.98. The van der Waals surface area contributed by atoms with Gasteiger partial charge in [0, 0.05) is 0 Å². The first kappa shape index (κ1) is 10.5. The molecule has 0 aromatic heterocycles. The van der Waals surface area contributed by atoms with Crippen molar-refractivity contribution in [3.05, 3.63) is 0 Å². The zero-order valence-electron chi connectivity index (χ0n) is 7.10. The van der Waals surface area contributed by atoms with Crippen molar-refractivity contribution in [1.29, 1.82) is 0 Å². The molecule has 0 aliphatic rings. The van der Waals surface area contributed by atoms with Gasteiger partial charge in [0.25, 0.3) is 0 Å². The molecule has 0 aromatic rings. The van der Waals surface area contributed by atoms with Crippen LogP contribution >= 0.6 is 0 Å². The first-order valence-corrected chi connectivity index (χ1v) is 4.63. The van der Waals surface area contributed by atoms with Crippen LogP contribution in [-0.2, 0) is 3.79 Å². The predicted molar refractivity (Wildman–Crippen MR) is 45.0 cm³/mol. The Labute approximate surface area is 72.9 Å². The molecule has 0 aliphatic heterocycles. The Morgan fingerprint density at radius 3 is 2.50 bits per heavy atom. The number of rotatable bonds is 6. The van der Waals surface area contributed by atoms with E-state index in [0.29, 0.717) is 0 Å². The maximum absolute atomic E-state index is 5.01. The van der Waals surface area contributed by atoms with Crippen LogP contribution in [0.15, 0.2) is 0 Å². The van der Waals surface area contributed by atoms with Gasteiger partial charge in [0.15, 0.2) is 0 Å². The summed E-state index contributed by atoms with van der Waals surface area (Å²) in [4.78, 5) is 0. The van der Waals surface area contributed by atoms with Crippen LogP contribution in [0.2, 0.25) is 0 Å². The Morgan fingerprint density at radius 1 is 1.40 bits per heavy atom. The topological polar surface area (TPSA) is 9.23 Å². The third-order valence-electron chi connectivity index (χ3n) is 1.88. The van der Waals surface area contributed by atoms with E-state index in [1.807, 2.05) is 0 Å². The van der Waals surface area contributed by atoms with Crippen molar-refractivity contribution in [2.45, 2.75) is 39.5 Å². The van der Waals surface area contributed by atoms with Gasteiger partial charge < -0.3 is 0 Å². The van der Waals surface area contributed by atoms with E-state index < -0.39 is 0 Å². The molecule has 0 rings (SSSR count). The molecular formula is C8H17AlO+2. The van der Waals surface area contributed by atoms with E-state index in [2.05, 4.69) is 30.5 Å². The Bertz CT molecular complexity index is 66.3. The van der Waals surface area contributed by atoms with Crippen molar-refractivity contribution in [2.24, 2.45) is 5.92 Å². The van der Waals surface area contributed by atoms with E-state index in [-0.39, 0.29) is 0 Å². The summed E-state index contributed by atoms with van der Waals surface area (Å²) < 4.78 is 5.01. The summed E-state index contributed by atoms with van der Waals surface area (Å²) in [5.41, 5.74) is 0. The van der Waals surface area contributed by atoms with Gasteiger partial charge in [0.2, 0.25) is 0 Å². The quantitative estimate of drug-likeness (QED) is 0.536. The molecule has 0 aromatic carbocycles. The van der Waals surface area contributed by atoms with Gasteiger partial charge in [-0.3, -0.25) is 0 Å². The zero-order valence-corrected chi connectivity index (χ0v) is 8.25. The molecule has 0 spiro atoms. The van der Waals surface area contributed by atoms with E-state index in [0.717, 1.165) is 12.5 Å². The standard InChI is InChI=1S/C8H17O.Al/c1-3-5-6-8(4-2)7-9;/h8H,3-7H2,1-2H3;/q-1;+3. The molecule has 0 bridgehead atoms. The minimum absolute atomic E-state index is 0.775. The van der Waals surface area contributed by atoms with Crippen molar-refractivity contribution < 1.29 is 3.79 Å². The van der Waals surface area contributed by atoms with Crippen LogP contribution < -0.4 is 0 Å². The summed E-state index contributed by atoms with van der Waals surface area (Å²) in [5.74, 6) is 0.775. The third kappa shape index (κ3) is 5.29. The molecule has 56 valence electrons. The summed E-state index contributed by atoms with van der Waals surface area (Å²) in [6.45, 7) is 5.36. The average molecular weight is 156 g/mol. The SMILES string of the molecule is CCCCC(CC)C[O][Al+2]. The first-order chi connectivity index (χ1) is 4.85. The van der Waals surface area contributed by atoms with Crippen molar-refractivity contribution in [3.63, 3.8) is 0 Å². The van der Waals surface area contributed by atoms with Crippen LogP contribution in [0.1, 0.15) is 39.5 Å². The third-order valence-corrected chi connectivity index (χ3v) is 2.07. The van der Waals surface area contributed by atoms with E-state index in [9.17, 15) is 0 Å². The van der Waals surface area contributed by atoms with E-state index in [1.54, 1.807) is 0 Å². The molecule has 0 saturated carbocycles. The van der Waals surface area contributed by atoms with Crippen molar-refractivity contribution >= 4 is 16.6 Å². The molecular weight excluding hydrogens is 139 g/mol. The second kappa shape index (κ2) is 7.60. The molecule has 1 atom stereocenters. The Kier molecular flexibility index (Phi) is 7.97. The molecule has 0 aliphatic carbocycles. The Balaban J connectivity index is 3.21. The summed E-state index contributed by atoms with van der Waals surface area (Å²) in [6.07, 6.45) is 5.20. The van der Waals surface area contributed by atoms with Crippen LogP contribution in [0, 0.1) is 5.92 Å². The molecule has 0 radical (unpaired) electrons. The van der Waals surface area contributed by atoms with Crippen LogP contribution in [0.25, 0.3) is 0 Å². The molecule has 0 fully saturated rings. The van der Waals surface area contributed by atoms with Gasteiger partial charge in [0.1, 0.15) is 0 Å². The second-order valence-electron chi connectivity index (χ2n) is 2.75. The summed E-state index contributed by atoms with van der Waals surface area (Å²) in [6, 6.07) is 0. The molecule has 0 saturated heterocycles. The number of hydrogen-bond acceptors (Lipinski definition) is 1. The van der Waals surface area contributed by atoms with Gasteiger partial charge in [-0.05, 0) is 0 Å². The summed E-state index contributed by atoms with van der Waals surface area (Å²) in [7, 11) is 0. The van der Waals surface area contributed by atoms with Crippen molar-refractivity contribution in [3.8, 4) is 0 Å². The Morgan fingerprint density at radius 2 is 2.10 bits per heavy atom. The molecule has 2 heteroatoms. The van der Waals surface area contributed by atoms with Gasteiger partial charge in [-0.15, -0.1) is 0 Å². The second-order valence-corrected chi connectivity index (χ2v) is 3.08. The summed E-state index contributed by atoms with van der Waals surface area (Å²) >= 11 is 2.32. The van der Waals surface area contributed by atoms with E-state index in [4.69, 9.17) is 3.79 Å². The van der Waals surface area contributed by atoms with E-state index >= 15 is 0 Å². The van der Waals surface area contributed by atoms with Gasteiger partial charge in [0.05, 0.1) is 0 Å². The van der Waals surface area contributed by atoms with Crippen LogP contribution in [-0.4, -0.2) is 23.2 Å². The van der Waals surface area contributed by atoms with Crippen LogP contribution in [0.4, 0.5) is 0 Å². The fraction of sp³-hybridized carbons (Fsp3) is 1.00. The van der Waals surface area contributed by atoms with Gasteiger partial charge in [-0.25, -0.2) is 0 Å². The fourth-order valence-corrected chi connectivity index (χ4v) is 1.31. The summed E-state index contributed by atoms with van der Waals surface area (Å²) in [5, 5.41) is 0. The van der Waals surface area contributed by atoms with Gasteiger partial charge in [-0.2, -0.15) is 0 Å². The molecule has 1 unspecified atom stereocenters. The minimum atomic E-state index is 0.775. The van der Waals surface area contributed by atoms with Gasteiger partial charge >= 0.3 is 72.5 Å². The van der Waals surface area contributed by atoms with Crippen molar-refractivity contribution in [2.75, 3.05) is 6.61 Å². The number of unbranched alkanes of at least 4 members (excludes halogenated alkanes) is 1.